The minimum absolute atomic E-state index is 0.412. The maximum Gasteiger partial charge on any atom is 0.101 e. The zero-order chi connectivity index (χ0) is 22.1. The quantitative estimate of drug-likeness (QED) is 0.389. The van der Waals surface area contributed by atoms with Crippen molar-refractivity contribution in [2.24, 2.45) is 5.92 Å². The van der Waals surface area contributed by atoms with E-state index < -0.39 is 0 Å². The van der Waals surface area contributed by atoms with Crippen LogP contribution in [0, 0.1) is 28.6 Å². The molecule has 0 heterocycles. The summed E-state index contributed by atoms with van der Waals surface area (Å²) in [6.07, 6.45) is 13.5. The van der Waals surface area contributed by atoms with Gasteiger partial charge >= 0.3 is 0 Å². The third-order valence-corrected chi connectivity index (χ3v) is 7.05. The van der Waals surface area contributed by atoms with Gasteiger partial charge in [-0.15, -0.1) is 0 Å². The summed E-state index contributed by atoms with van der Waals surface area (Å²) in [7, 11) is 0. The second-order valence-electron chi connectivity index (χ2n) is 9.19. The fraction of sp³-hybridized carbons (Fsp3) is 0.517. The highest BCUT2D eigenvalue weighted by Crippen LogP contribution is 2.40. The van der Waals surface area contributed by atoms with Crippen LogP contribution >= 0.6 is 0 Å². The predicted octanol–water partition coefficient (Wildman–Crippen LogP) is 8.29. The molecule has 2 aromatic carbocycles. The Morgan fingerprint density at radius 2 is 1.45 bits per heavy atom. The van der Waals surface area contributed by atoms with Crippen molar-refractivity contribution in [2.45, 2.75) is 90.4 Å². The van der Waals surface area contributed by atoms with Gasteiger partial charge in [-0.05, 0) is 67.1 Å². The molecule has 0 N–H and O–H groups in total. The fourth-order valence-electron chi connectivity index (χ4n) is 5.12. The number of nitrogens with zero attached hydrogens (tertiary/aromatic N) is 2. The first-order chi connectivity index (χ1) is 15.2. The molecule has 0 radical (unpaired) electrons. The number of benzene rings is 2. The normalized spacial score (nSPS) is 18.3. The fourth-order valence-corrected chi connectivity index (χ4v) is 5.12. The molecule has 0 saturated heterocycles. The van der Waals surface area contributed by atoms with Crippen LogP contribution < -0.4 is 0 Å². The molecule has 0 aliphatic heterocycles. The summed E-state index contributed by atoms with van der Waals surface area (Å²) < 4.78 is 0. The Morgan fingerprint density at radius 1 is 0.774 bits per heavy atom. The topological polar surface area (TPSA) is 47.6 Å². The second-order valence-corrected chi connectivity index (χ2v) is 9.19. The van der Waals surface area contributed by atoms with Crippen molar-refractivity contribution in [3.05, 3.63) is 58.7 Å². The molecule has 0 atom stereocenters. The van der Waals surface area contributed by atoms with Gasteiger partial charge in [0.2, 0.25) is 0 Å². The molecule has 162 valence electrons. The molecule has 2 aromatic rings. The van der Waals surface area contributed by atoms with E-state index in [1.54, 1.807) is 0 Å². The van der Waals surface area contributed by atoms with Gasteiger partial charge in [-0.3, -0.25) is 0 Å². The van der Waals surface area contributed by atoms with E-state index in [0.717, 1.165) is 41.9 Å². The minimum atomic E-state index is 0.412. The Bertz CT molecular complexity index is 919. The van der Waals surface area contributed by atoms with Crippen molar-refractivity contribution >= 4 is 0 Å². The van der Waals surface area contributed by atoms with Crippen molar-refractivity contribution in [1.29, 1.82) is 10.5 Å². The summed E-state index contributed by atoms with van der Waals surface area (Å²) >= 11 is 0. The summed E-state index contributed by atoms with van der Waals surface area (Å²) in [6, 6.07) is 17.5. The summed E-state index contributed by atoms with van der Waals surface area (Å²) in [6.45, 7) is 4.48. The van der Waals surface area contributed by atoms with Crippen LogP contribution in [-0.2, 0) is 6.42 Å². The molecule has 2 nitrogen and oxygen atoms in total. The minimum Gasteiger partial charge on any atom is -0.192 e. The van der Waals surface area contributed by atoms with Gasteiger partial charge in [-0.2, -0.15) is 10.5 Å². The lowest BCUT2D eigenvalue weighted by Crippen LogP contribution is -2.15. The van der Waals surface area contributed by atoms with E-state index >= 15 is 0 Å². The molecule has 0 aromatic heterocycles. The molecule has 0 bridgehead atoms. The van der Waals surface area contributed by atoms with E-state index in [4.69, 9.17) is 0 Å². The zero-order valence-corrected chi connectivity index (χ0v) is 19.3. The largest absolute Gasteiger partial charge is 0.192 e. The monoisotopic (exact) mass is 412 g/mol. The van der Waals surface area contributed by atoms with Crippen LogP contribution in [0.5, 0.6) is 0 Å². The maximum atomic E-state index is 9.96. The molecule has 2 heteroatoms. The molecule has 1 aliphatic carbocycles. The Morgan fingerprint density at radius 3 is 2.06 bits per heavy atom. The maximum absolute atomic E-state index is 9.96. The van der Waals surface area contributed by atoms with Crippen LogP contribution in [0.4, 0.5) is 0 Å². The van der Waals surface area contributed by atoms with Gasteiger partial charge in [-0.25, -0.2) is 0 Å². The van der Waals surface area contributed by atoms with Crippen molar-refractivity contribution < 1.29 is 0 Å². The summed E-state index contributed by atoms with van der Waals surface area (Å²) in [5.41, 5.74) is 5.50. The molecule has 0 amide bonds. The molecule has 1 fully saturated rings. The SMILES string of the molecule is CCCCCc1ccc(-c2ccc(C3CCC(CCCC)CC3)c(C#N)c2C#N)cc1. The number of hydrogen-bond donors (Lipinski definition) is 0. The molecule has 3 rings (SSSR count). The van der Waals surface area contributed by atoms with E-state index in [9.17, 15) is 10.5 Å². The molecule has 31 heavy (non-hydrogen) atoms. The third kappa shape index (κ3) is 5.77. The second kappa shape index (κ2) is 11.7. The zero-order valence-electron chi connectivity index (χ0n) is 19.3. The van der Waals surface area contributed by atoms with E-state index in [2.05, 4.69) is 62.4 Å². The van der Waals surface area contributed by atoms with Crippen molar-refractivity contribution in [3.63, 3.8) is 0 Å². The van der Waals surface area contributed by atoms with E-state index in [-0.39, 0.29) is 0 Å². The van der Waals surface area contributed by atoms with Crippen LogP contribution in [0.3, 0.4) is 0 Å². The molecule has 1 aliphatic rings. The highest BCUT2D eigenvalue weighted by atomic mass is 14.3. The van der Waals surface area contributed by atoms with Gasteiger partial charge in [-0.1, -0.05) is 82.3 Å². The average molecular weight is 413 g/mol. The molecule has 0 spiro atoms. The van der Waals surface area contributed by atoms with Gasteiger partial charge in [0.05, 0.1) is 11.1 Å². The van der Waals surface area contributed by atoms with Gasteiger partial charge in [0.25, 0.3) is 0 Å². The molecule has 0 unspecified atom stereocenters. The van der Waals surface area contributed by atoms with Crippen molar-refractivity contribution in [3.8, 4) is 23.3 Å². The predicted molar refractivity (Wildman–Crippen MR) is 129 cm³/mol. The van der Waals surface area contributed by atoms with Gasteiger partial charge in [0.15, 0.2) is 0 Å². The van der Waals surface area contributed by atoms with Crippen LogP contribution in [0.25, 0.3) is 11.1 Å². The highest BCUT2D eigenvalue weighted by molar-refractivity contribution is 5.75. The van der Waals surface area contributed by atoms with Gasteiger partial charge < -0.3 is 0 Å². The Labute approximate surface area is 188 Å². The third-order valence-electron chi connectivity index (χ3n) is 7.05. The number of unbranched alkanes of at least 4 members (excludes halogenated alkanes) is 3. The Balaban J connectivity index is 1.80. The lowest BCUT2D eigenvalue weighted by atomic mass is 9.75. The number of aryl methyl sites for hydroxylation is 1. The highest BCUT2D eigenvalue weighted by Gasteiger charge is 2.26. The molecule has 1 saturated carbocycles. The summed E-state index contributed by atoms with van der Waals surface area (Å²) in [5, 5.41) is 19.9. The van der Waals surface area contributed by atoms with Crippen molar-refractivity contribution in [1.82, 2.24) is 0 Å². The Kier molecular flexibility index (Phi) is 8.73. The van der Waals surface area contributed by atoms with Gasteiger partial charge in [0.1, 0.15) is 12.1 Å². The average Bonchev–Trinajstić information content (AvgIpc) is 2.82. The lowest BCUT2D eigenvalue weighted by molar-refractivity contribution is 0.304. The van der Waals surface area contributed by atoms with E-state index in [1.807, 2.05) is 0 Å². The summed E-state index contributed by atoms with van der Waals surface area (Å²) in [5.74, 6) is 1.25. The van der Waals surface area contributed by atoms with Crippen LogP contribution in [-0.4, -0.2) is 0 Å². The Hall–Kier alpha value is -2.58. The van der Waals surface area contributed by atoms with Crippen molar-refractivity contribution in [2.75, 3.05) is 0 Å². The smallest absolute Gasteiger partial charge is 0.101 e. The van der Waals surface area contributed by atoms with Gasteiger partial charge in [0, 0.05) is 5.56 Å². The summed E-state index contributed by atoms with van der Waals surface area (Å²) in [4.78, 5) is 0. The van der Waals surface area contributed by atoms with Crippen LogP contribution in [0.1, 0.15) is 106 Å². The van der Waals surface area contributed by atoms with E-state index in [0.29, 0.717) is 17.0 Å². The number of hydrogen-bond acceptors (Lipinski definition) is 2. The first-order valence-corrected chi connectivity index (χ1v) is 12.3. The first-order valence-electron chi connectivity index (χ1n) is 12.3. The first kappa shape index (κ1) is 23.1. The number of nitriles is 2. The van der Waals surface area contributed by atoms with E-state index in [1.165, 1.54) is 56.9 Å². The standard InChI is InChI=1S/C29H36N2/c1-3-5-7-9-23-12-16-25(17-13-23)27-19-18-26(28(20-30)29(27)21-31)24-14-10-22(11-15-24)8-6-4-2/h12-13,16-19,22,24H,3-11,14-15H2,1-2H3. The van der Waals surface area contributed by atoms with Crippen LogP contribution in [0.15, 0.2) is 36.4 Å². The molecular weight excluding hydrogens is 376 g/mol. The number of rotatable bonds is 9. The molecular formula is C29H36N2. The van der Waals surface area contributed by atoms with Crippen LogP contribution in [0.2, 0.25) is 0 Å². The lowest BCUT2D eigenvalue weighted by Gasteiger charge is -2.29.